The average molecular weight is 260 g/mol. The maximum atomic E-state index is 11.5. The van der Waals surface area contributed by atoms with E-state index >= 15 is 0 Å². The Morgan fingerprint density at radius 1 is 1.00 bits per heavy atom. The fourth-order valence-electron chi connectivity index (χ4n) is 2.10. The summed E-state index contributed by atoms with van der Waals surface area (Å²) in [6, 6.07) is 8.07. The van der Waals surface area contributed by atoms with Gasteiger partial charge in [-0.25, -0.2) is 0 Å². The summed E-state index contributed by atoms with van der Waals surface area (Å²) in [5.74, 6) is -2.69. The Morgan fingerprint density at radius 3 is 1.67 bits per heavy atom. The van der Waals surface area contributed by atoms with Gasteiger partial charge in [-0.2, -0.15) is 0 Å². The molecule has 5 heteroatoms. The van der Waals surface area contributed by atoms with Gasteiger partial charge in [-0.15, -0.1) is 0 Å². The van der Waals surface area contributed by atoms with Crippen molar-refractivity contribution < 1.29 is 50.8 Å². The van der Waals surface area contributed by atoms with Crippen LogP contribution in [0.2, 0.25) is 0 Å². The molecule has 0 amide bonds. The largest absolute Gasteiger partial charge is 1.00 e. The molecule has 0 saturated heterocycles. The minimum absolute atomic E-state index is 0. The second-order valence-corrected chi connectivity index (χ2v) is 4.98. The number of hydrogen-bond acceptors (Lipinski definition) is 2. The molecule has 94 valence electrons. The minimum atomic E-state index is -1.94. The van der Waals surface area contributed by atoms with Gasteiger partial charge >= 0.3 is 41.5 Å². The molecule has 0 unspecified atom stereocenters. The molecule has 0 saturated carbocycles. The van der Waals surface area contributed by atoms with Gasteiger partial charge in [0.1, 0.15) is 0 Å². The molecular formula is C13H17NaO4. The van der Waals surface area contributed by atoms with Crippen LogP contribution in [0.1, 0.15) is 27.8 Å². The van der Waals surface area contributed by atoms with Gasteiger partial charge in [0.2, 0.25) is 0 Å². The molecule has 2 N–H and O–H groups in total. The quantitative estimate of drug-likeness (QED) is 0.554. The fraction of sp³-hybridized carbons (Fsp3) is 0.385. The summed E-state index contributed by atoms with van der Waals surface area (Å²) in [6.07, 6.45) is 0. The van der Waals surface area contributed by atoms with Crippen LogP contribution in [0.5, 0.6) is 0 Å². The molecule has 4 nitrogen and oxygen atoms in total. The standard InChI is InChI=1S/C13H16O4.Na.H/c1-12(2,3)13(10(14)15,11(16)17)9-7-5-4-6-8-9;;/h4-8H,1-3H3,(H,14,15)(H,16,17);;/q;+1;-1. The van der Waals surface area contributed by atoms with E-state index in [4.69, 9.17) is 0 Å². The minimum Gasteiger partial charge on any atom is -1.00 e. The number of carboxylic acids is 2. The second kappa shape index (κ2) is 5.87. The summed E-state index contributed by atoms with van der Waals surface area (Å²) in [5, 5.41) is 18.8. The van der Waals surface area contributed by atoms with Gasteiger partial charge in [-0.05, 0) is 11.0 Å². The molecule has 1 aromatic rings. The molecule has 0 radical (unpaired) electrons. The topological polar surface area (TPSA) is 74.6 Å². The summed E-state index contributed by atoms with van der Waals surface area (Å²) < 4.78 is 0. The van der Waals surface area contributed by atoms with E-state index in [1.807, 2.05) is 0 Å². The van der Waals surface area contributed by atoms with Crippen molar-refractivity contribution in [1.29, 1.82) is 0 Å². The third-order valence-corrected chi connectivity index (χ3v) is 2.97. The van der Waals surface area contributed by atoms with Gasteiger partial charge in [0.05, 0.1) is 0 Å². The van der Waals surface area contributed by atoms with Crippen molar-refractivity contribution in [2.24, 2.45) is 5.41 Å². The number of carbonyl (C=O) groups is 2. The molecule has 1 rings (SSSR count). The van der Waals surface area contributed by atoms with Crippen LogP contribution < -0.4 is 29.6 Å². The first-order chi connectivity index (χ1) is 7.74. The molecule has 0 aliphatic heterocycles. The van der Waals surface area contributed by atoms with Crippen LogP contribution in [-0.2, 0) is 15.0 Å². The van der Waals surface area contributed by atoms with E-state index in [9.17, 15) is 19.8 Å². The van der Waals surface area contributed by atoms with Crippen LogP contribution in [0, 0.1) is 5.41 Å². The van der Waals surface area contributed by atoms with Crippen molar-refractivity contribution in [2.45, 2.75) is 26.2 Å². The predicted molar refractivity (Wildman–Crippen MR) is 64.0 cm³/mol. The Bertz CT molecular complexity index is 426. The van der Waals surface area contributed by atoms with E-state index in [-0.39, 0.29) is 36.5 Å². The van der Waals surface area contributed by atoms with E-state index in [1.165, 1.54) is 12.1 Å². The maximum absolute atomic E-state index is 11.5. The van der Waals surface area contributed by atoms with Crippen LogP contribution >= 0.6 is 0 Å². The van der Waals surface area contributed by atoms with Crippen LogP contribution in [0.3, 0.4) is 0 Å². The molecule has 0 aromatic heterocycles. The van der Waals surface area contributed by atoms with Crippen molar-refractivity contribution in [2.75, 3.05) is 0 Å². The SMILES string of the molecule is CC(C)(C)C(C(=O)O)(C(=O)O)c1ccccc1.[H-].[Na+]. The number of hydrogen-bond donors (Lipinski definition) is 2. The molecule has 0 aliphatic rings. The zero-order chi connectivity index (χ0) is 13.3. The molecule has 0 heterocycles. The Morgan fingerprint density at radius 2 is 1.39 bits per heavy atom. The van der Waals surface area contributed by atoms with Crippen molar-refractivity contribution in [3.8, 4) is 0 Å². The van der Waals surface area contributed by atoms with Crippen LogP contribution in [-0.4, -0.2) is 22.2 Å². The maximum Gasteiger partial charge on any atom is 1.00 e. The monoisotopic (exact) mass is 260 g/mol. The number of carboxylic acid groups (broad SMARTS) is 2. The van der Waals surface area contributed by atoms with Gasteiger partial charge in [0.15, 0.2) is 5.41 Å². The molecule has 18 heavy (non-hydrogen) atoms. The van der Waals surface area contributed by atoms with Gasteiger partial charge < -0.3 is 11.6 Å². The summed E-state index contributed by atoms with van der Waals surface area (Å²) in [4.78, 5) is 23.1. The normalized spacial score (nSPS) is 11.5. The van der Waals surface area contributed by atoms with Crippen molar-refractivity contribution in [3.05, 3.63) is 35.9 Å². The van der Waals surface area contributed by atoms with E-state index in [2.05, 4.69) is 0 Å². The predicted octanol–water partition coefficient (Wildman–Crippen LogP) is -0.744. The summed E-state index contributed by atoms with van der Waals surface area (Å²) >= 11 is 0. The third kappa shape index (κ3) is 2.60. The average Bonchev–Trinajstić information content (AvgIpc) is 2.16. The second-order valence-electron chi connectivity index (χ2n) is 4.98. The number of benzene rings is 1. The number of rotatable bonds is 3. The first-order valence-electron chi connectivity index (χ1n) is 5.27. The molecule has 0 bridgehead atoms. The van der Waals surface area contributed by atoms with Gasteiger partial charge in [-0.1, -0.05) is 51.1 Å². The smallest absolute Gasteiger partial charge is 1.00 e. The van der Waals surface area contributed by atoms with Gasteiger partial charge in [0.25, 0.3) is 0 Å². The Labute approximate surface area is 130 Å². The number of aliphatic carboxylic acids is 2. The fourth-order valence-corrected chi connectivity index (χ4v) is 2.10. The summed E-state index contributed by atoms with van der Waals surface area (Å²) in [6.45, 7) is 4.84. The molecule has 0 aliphatic carbocycles. The summed E-state index contributed by atoms with van der Waals surface area (Å²) in [5.41, 5.74) is -2.59. The first kappa shape index (κ1) is 17.2. The van der Waals surface area contributed by atoms with Crippen LogP contribution in [0.25, 0.3) is 0 Å². The zero-order valence-corrected chi connectivity index (χ0v) is 13.1. The third-order valence-electron chi connectivity index (χ3n) is 2.97. The molecule has 1 aromatic carbocycles. The Balaban J connectivity index is 0. The van der Waals surface area contributed by atoms with Crippen molar-refractivity contribution in [1.82, 2.24) is 0 Å². The van der Waals surface area contributed by atoms with Crippen molar-refractivity contribution >= 4 is 11.9 Å². The van der Waals surface area contributed by atoms with Crippen LogP contribution in [0.15, 0.2) is 30.3 Å². The van der Waals surface area contributed by atoms with E-state index in [0.29, 0.717) is 0 Å². The van der Waals surface area contributed by atoms with E-state index in [0.717, 1.165) is 0 Å². The van der Waals surface area contributed by atoms with E-state index in [1.54, 1.807) is 39.0 Å². The molecule has 0 atom stereocenters. The Hall–Kier alpha value is -0.840. The molecule has 0 fully saturated rings. The van der Waals surface area contributed by atoms with Gasteiger partial charge in [-0.3, -0.25) is 9.59 Å². The van der Waals surface area contributed by atoms with E-state index < -0.39 is 22.8 Å². The van der Waals surface area contributed by atoms with Gasteiger partial charge in [0, 0.05) is 0 Å². The first-order valence-corrected chi connectivity index (χ1v) is 5.27. The molecular weight excluding hydrogens is 243 g/mol. The zero-order valence-electron chi connectivity index (χ0n) is 12.1. The summed E-state index contributed by atoms with van der Waals surface area (Å²) in [7, 11) is 0. The molecule has 0 spiro atoms. The van der Waals surface area contributed by atoms with Crippen molar-refractivity contribution in [3.63, 3.8) is 0 Å². The Kier molecular flexibility index (Phi) is 5.59. The van der Waals surface area contributed by atoms with Crippen LogP contribution in [0.4, 0.5) is 0 Å².